The summed E-state index contributed by atoms with van der Waals surface area (Å²) in [7, 11) is 0. The Labute approximate surface area is 151 Å². The van der Waals surface area contributed by atoms with E-state index in [0.717, 1.165) is 27.8 Å². The fraction of sp³-hybridized carbons (Fsp3) is 0.471. The van der Waals surface area contributed by atoms with Crippen LogP contribution in [0.2, 0.25) is 0 Å². The highest BCUT2D eigenvalue weighted by atomic mass is 35.5. The lowest BCUT2D eigenvalue weighted by atomic mass is 10.1. The third kappa shape index (κ3) is 3.77. The first-order valence-electron chi connectivity index (χ1n) is 8.07. The molecular weight excluding hydrogens is 346 g/mol. The molecule has 132 valence electrons. The van der Waals surface area contributed by atoms with Crippen LogP contribution in [0.3, 0.4) is 0 Å². The van der Waals surface area contributed by atoms with E-state index in [4.69, 9.17) is 21.9 Å². The summed E-state index contributed by atoms with van der Waals surface area (Å²) in [6.07, 6.45) is 5.76. The number of carbonyl (C=O) groups is 1. The van der Waals surface area contributed by atoms with Crippen molar-refractivity contribution in [1.82, 2.24) is 0 Å². The third-order valence-corrected chi connectivity index (χ3v) is 5.62. The van der Waals surface area contributed by atoms with Crippen molar-refractivity contribution in [3.8, 4) is 5.75 Å². The number of nitrogen functional groups attached to an aromatic ring is 1. The predicted octanol–water partition coefficient (Wildman–Crippen LogP) is 3.07. The SMILES string of the molecule is Cl.NCCc1cc(OCC2CCCC2)c2c(N)c(C(N)=O)sc2c1. The molecule has 0 aliphatic heterocycles. The number of hydrogen-bond acceptors (Lipinski definition) is 5. The van der Waals surface area contributed by atoms with Crippen LogP contribution >= 0.6 is 23.7 Å². The van der Waals surface area contributed by atoms with E-state index in [9.17, 15) is 4.79 Å². The molecule has 1 aliphatic rings. The normalized spacial score (nSPS) is 14.7. The van der Waals surface area contributed by atoms with Gasteiger partial charge >= 0.3 is 0 Å². The van der Waals surface area contributed by atoms with E-state index >= 15 is 0 Å². The molecule has 0 radical (unpaired) electrons. The quantitative estimate of drug-likeness (QED) is 0.727. The molecule has 2 aromatic rings. The van der Waals surface area contributed by atoms with Gasteiger partial charge in [-0.1, -0.05) is 12.8 Å². The van der Waals surface area contributed by atoms with Crippen molar-refractivity contribution in [3.05, 3.63) is 22.6 Å². The predicted molar refractivity (Wildman–Crippen MR) is 102 cm³/mol. The fourth-order valence-electron chi connectivity index (χ4n) is 3.26. The van der Waals surface area contributed by atoms with Gasteiger partial charge in [-0.3, -0.25) is 4.79 Å². The number of fused-ring (bicyclic) bond motifs is 1. The lowest BCUT2D eigenvalue weighted by Gasteiger charge is -2.14. The highest BCUT2D eigenvalue weighted by Gasteiger charge is 2.20. The number of anilines is 1. The Morgan fingerprint density at radius 2 is 2.00 bits per heavy atom. The van der Waals surface area contributed by atoms with E-state index < -0.39 is 5.91 Å². The van der Waals surface area contributed by atoms with Gasteiger partial charge < -0.3 is 21.9 Å². The molecule has 0 bridgehead atoms. The fourth-order valence-corrected chi connectivity index (χ4v) is 4.32. The van der Waals surface area contributed by atoms with Crippen LogP contribution in [0.5, 0.6) is 5.75 Å². The van der Waals surface area contributed by atoms with Gasteiger partial charge in [0, 0.05) is 4.70 Å². The third-order valence-electron chi connectivity index (χ3n) is 4.46. The number of benzene rings is 1. The van der Waals surface area contributed by atoms with Gasteiger partial charge in [0.25, 0.3) is 5.91 Å². The zero-order valence-electron chi connectivity index (χ0n) is 13.5. The zero-order valence-corrected chi connectivity index (χ0v) is 15.2. The minimum absolute atomic E-state index is 0. The molecule has 0 atom stereocenters. The smallest absolute Gasteiger partial charge is 0.260 e. The molecule has 24 heavy (non-hydrogen) atoms. The van der Waals surface area contributed by atoms with Crippen molar-refractivity contribution in [2.45, 2.75) is 32.1 Å². The molecule has 1 aromatic carbocycles. The number of rotatable bonds is 6. The maximum atomic E-state index is 11.6. The Kier molecular flexibility index (Phi) is 6.32. The molecule has 1 saturated carbocycles. The number of hydrogen-bond donors (Lipinski definition) is 3. The molecule has 0 unspecified atom stereocenters. The van der Waals surface area contributed by atoms with E-state index in [1.807, 2.05) is 12.1 Å². The van der Waals surface area contributed by atoms with Crippen LogP contribution in [-0.4, -0.2) is 19.1 Å². The van der Waals surface area contributed by atoms with Gasteiger partial charge in [0.2, 0.25) is 0 Å². The van der Waals surface area contributed by atoms with E-state index in [-0.39, 0.29) is 12.4 Å². The monoisotopic (exact) mass is 369 g/mol. The van der Waals surface area contributed by atoms with E-state index in [1.165, 1.54) is 37.0 Å². The number of halogens is 1. The topological polar surface area (TPSA) is 104 Å². The molecule has 1 aromatic heterocycles. The van der Waals surface area contributed by atoms with Crippen LogP contribution in [-0.2, 0) is 6.42 Å². The lowest BCUT2D eigenvalue weighted by molar-refractivity contribution is 0.100. The van der Waals surface area contributed by atoms with Crippen molar-refractivity contribution in [3.63, 3.8) is 0 Å². The highest BCUT2D eigenvalue weighted by molar-refractivity contribution is 7.21. The second-order valence-corrected chi connectivity index (χ2v) is 7.23. The molecule has 5 nitrogen and oxygen atoms in total. The van der Waals surface area contributed by atoms with E-state index in [1.54, 1.807) is 0 Å². The first kappa shape index (κ1) is 18.8. The number of amides is 1. The summed E-state index contributed by atoms with van der Waals surface area (Å²) < 4.78 is 7.03. The summed E-state index contributed by atoms with van der Waals surface area (Å²) in [5.41, 5.74) is 18.8. The standard InChI is InChI=1S/C17H23N3O2S.ClH/c18-6-5-11-7-12(22-9-10-3-1-2-4-10)14-13(8-11)23-16(15(14)19)17(20)21;/h7-8,10H,1-6,9,18-19H2,(H2,20,21);1H. The Morgan fingerprint density at radius 3 is 2.62 bits per heavy atom. The summed E-state index contributed by atoms with van der Waals surface area (Å²) in [6.45, 7) is 1.26. The van der Waals surface area contributed by atoms with Crippen molar-refractivity contribution >= 4 is 45.4 Å². The number of primary amides is 1. The number of ether oxygens (including phenoxy) is 1. The van der Waals surface area contributed by atoms with E-state index in [0.29, 0.717) is 29.6 Å². The minimum atomic E-state index is -0.495. The summed E-state index contributed by atoms with van der Waals surface area (Å²) >= 11 is 1.32. The van der Waals surface area contributed by atoms with Gasteiger partial charge in [-0.15, -0.1) is 23.7 Å². The number of nitrogens with two attached hydrogens (primary N) is 3. The summed E-state index contributed by atoms with van der Waals surface area (Å²) in [5.74, 6) is 0.864. The van der Waals surface area contributed by atoms with Gasteiger partial charge in [-0.2, -0.15) is 0 Å². The van der Waals surface area contributed by atoms with Gasteiger partial charge in [0.05, 0.1) is 17.7 Å². The second kappa shape index (κ2) is 8.05. The van der Waals surface area contributed by atoms with E-state index in [2.05, 4.69) is 0 Å². The average Bonchev–Trinajstić information content (AvgIpc) is 3.13. The minimum Gasteiger partial charge on any atom is -0.493 e. The van der Waals surface area contributed by atoms with Crippen molar-refractivity contribution < 1.29 is 9.53 Å². The van der Waals surface area contributed by atoms with Gasteiger partial charge in [0.1, 0.15) is 10.6 Å². The van der Waals surface area contributed by atoms with Crippen molar-refractivity contribution in [2.24, 2.45) is 17.4 Å². The molecule has 1 aliphatic carbocycles. The van der Waals surface area contributed by atoms with Crippen molar-refractivity contribution in [1.29, 1.82) is 0 Å². The largest absolute Gasteiger partial charge is 0.493 e. The average molecular weight is 370 g/mol. The zero-order chi connectivity index (χ0) is 16.4. The molecule has 0 saturated heterocycles. The molecule has 1 amide bonds. The first-order valence-corrected chi connectivity index (χ1v) is 8.89. The molecule has 0 spiro atoms. The molecule has 6 N–H and O–H groups in total. The summed E-state index contributed by atoms with van der Waals surface area (Å²) in [4.78, 5) is 12.0. The summed E-state index contributed by atoms with van der Waals surface area (Å²) in [6, 6.07) is 4.02. The van der Waals surface area contributed by atoms with Gasteiger partial charge in [0.15, 0.2) is 0 Å². The molecule has 7 heteroatoms. The van der Waals surface area contributed by atoms with Crippen LogP contribution in [0.1, 0.15) is 40.9 Å². The Bertz CT molecular complexity index is 726. The lowest BCUT2D eigenvalue weighted by Crippen LogP contribution is -2.11. The molecule has 1 heterocycles. The van der Waals surface area contributed by atoms with Crippen LogP contribution in [0.15, 0.2) is 12.1 Å². The van der Waals surface area contributed by atoms with Crippen molar-refractivity contribution in [2.75, 3.05) is 18.9 Å². The van der Waals surface area contributed by atoms with Gasteiger partial charge in [-0.05, 0) is 49.4 Å². The number of carbonyl (C=O) groups excluding carboxylic acids is 1. The first-order chi connectivity index (χ1) is 11.1. The Morgan fingerprint density at radius 1 is 1.29 bits per heavy atom. The maximum absolute atomic E-state index is 11.6. The summed E-state index contributed by atoms with van der Waals surface area (Å²) in [5, 5.41) is 0.808. The maximum Gasteiger partial charge on any atom is 0.260 e. The second-order valence-electron chi connectivity index (χ2n) is 6.18. The van der Waals surface area contributed by atoms with Crippen LogP contribution < -0.4 is 21.9 Å². The van der Waals surface area contributed by atoms with Crippen LogP contribution in [0, 0.1) is 5.92 Å². The molecule has 3 rings (SSSR count). The molecular formula is C17H24ClN3O2S. The molecule has 1 fully saturated rings. The Hall–Kier alpha value is -1.50. The highest BCUT2D eigenvalue weighted by Crippen LogP contribution is 2.41. The Balaban J connectivity index is 0.00000208. The van der Waals surface area contributed by atoms with Crippen LogP contribution in [0.25, 0.3) is 10.1 Å². The van der Waals surface area contributed by atoms with Gasteiger partial charge in [-0.25, -0.2) is 0 Å². The number of thiophene rings is 1. The van der Waals surface area contributed by atoms with Crippen LogP contribution in [0.4, 0.5) is 5.69 Å².